The predicted molar refractivity (Wildman–Crippen MR) is 86.6 cm³/mol. The highest BCUT2D eigenvalue weighted by Crippen LogP contribution is 2.26. The van der Waals surface area contributed by atoms with Crippen molar-refractivity contribution in [2.75, 3.05) is 11.6 Å². The van der Waals surface area contributed by atoms with Crippen molar-refractivity contribution < 1.29 is 14.7 Å². The molecular formula is C15H12BrNO3S. The molecule has 0 saturated carbocycles. The van der Waals surface area contributed by atoms with Crippen molar-refractivity contribution in [3.8, 4) is 0 Å². The predicted octanol–water partition coefficient (Wildman–Crippen LogP) is 3.20. The first kappa shape index (κ1) is 14.4. The standard InChI is InChI=1S/C15H12BrNO3S/c16-12-4-3-9-5-11(2-1-10(9)6-12)14(18)17-8-21-7-13(17)15(19)20/h1-6,13H,7-8H2,(H,19,20). The highest BCUT2D eigenvalue weighted by molar-refractivity contribution is 9.10. The van der Waals surface area contributed by atoms with Crippen LogP contribution in [0.15, 0.2) is 40.9 Å². The summed E-state index contributed by atoms with van der Waals surface area (Å²) in [6.07, 6.45) is 0. The van der Waals surface area contributed by atoms with Crippen LogP contribution in [0.3, 0.4) is 0 Å². The zero-order valence-electron chi connectivity index (χ0n) is 11.0. The molecule has 1 amide bonds. The van der Waals surface area contributed by atoms with Crippen LogP contribution in [-0.2, 0) is 4.79 Å². The second-order valence-electron chi connectivity index (χ2n) is 4.84. The second kappa shape index (κ2) is 5.69. The molecule has 0 radical (unpaired) electrons. The van der Waals surface area contributed by atoms with E-state index in [9.17, 15) is 9.59 Å². The van der Waals surface area contributed by atoms with E-state index < -0.39 is 12.0 Å². The quantitative estimate of drug-likeness (QED) is 0.887. The summed E-state index contributed by atoms with van der Waals surface area (Å²) in [6.45, 7) is 0. The Bertz CT molecular complexity index is 734. The molecule has 0 bridgehead atoms. The van der Waals surface area contributed by atoms with Gasteiger partial charge in [0.25, 0.3) is 5.91 Å². The van der Waals surface area contributed by atoms with Gasteiger partial charge in [-0.2, -0.15) is 0 Å². The van der Waals surface area contributed by atoms with Crippen LogP contribution in [0.5, 0.6) is 0 Å². The maximum atomic E-state index is 12.5. The number of carboxylic acids is 1. The van der Waals surface area contributed by atoms with Crippen LogP contribution in [0.4, 0.5) is 0 Å². The first-order valence-electron chi connectivity index (χ1n) is 6.37. The first-order valence-corrected chi connectivity index (χ1v) is 8.32. The fourth-order valence-electron chi connectivity index (χ4n) is 2.36. The van der Waals surface area contributed by atoms with Crippen LogP contribution in [0.1, 0.15) is 10.4 Å². The molecule has 1 unspecified atom stereocenters. The molecule has 0 aromatic heterocycles. The fourth-order valence-corrected chi connectivity index (χ4v) is 3.89. The number of fused-ring (bicyclic) bond motifs is 1. The number of thioether (sulfide) groups is 1. The monoisotopic (exact) mass is 365 g/mol. The molecule has 4 nitrogen and oxygen atoms in total. The van der Waals surface area contributed by atoms with Crippen LogP contribution in [0.25, 0.3) is 10.8 Å². The molecule has 1 fully saturated rings. The van der Waals surface area contributed by atoms with Gasteiger partial charge >= 0.3 is 5.97 Å². The van der Waals surface area contributed by atoms with Crippen molar-refractivity contribution in [2.45, 2.75) is 6.04 Å². The molecule has 1 atom stereocenters. The SMILES string of the molecule is O=C(O)C1CSCN1C(=O)c1ccc2cc(Br)ccc2c1. The molecule has 1 aliphatic heterocycles. The molecule has 0 spiro atoms. The zero-order chi connectivity index (χ0) is 15.0. The highest BCUT2D eigenvalue weighted by Gasteiger charge is 2.34. The minimum atomic E-state index is -0.946. The lowest BCUT2D eigenvalue weighted by Gasteiger charge is -2.20. The van der Waals surface area contributed by atoms with Crippen molar-refractivity contribution in [3.63, 3.8) is 0 Å². The maximum absolute atomic E-state index is 12.5. The molecule has 2 aromatic carbocycles. The zero-order valence-corrected chi connectivity index (χ0v) is 13.4. The normalized spacial score (nSPS) is 18.1. The lowest BCUT2D eigenvalue weighted by molar-refractivity contribution is -0.140. The number of aliphatic carboxylic acids is 1. The van der Waals surface area contributed by atoms with E-state index in [0.717, 1.165) is 15.2 Å². The third-order valence-corrected chi connectivity index (χ3v) is 4.98. The Labute approximate surface area is 134 Å². The van der Waals surface area contributed by atoms with Crippen LogP contribution >= 0.6 is 27.7 Å². The minimum absolute atomic E-state index is 0.225. The largest absolute Gasteiger partial charge is 0.480 e. The van der Waals surface area contributed by atoms with Gasteiger partial charge in [0.15, 0.2) is 0 Å². The molecule has 2 aromatic rings. The number of rotatable bonds is 2. The summed E-state index contributed by atoms with van der Waals surface area (Å²) in [5.41, 5.74) is 0.526. The molecule has 1 N–H and O–H groups in total. The van der Waals surface area contributed by atoms with Gasteiger partial charge in [-0.05, 0) is 35.0 Å². The summed E-state index contributed by atoms with van der Waals surface area (Å²) < 4.78 is 0.982. The molecule has 3 rings (SSSR count). The number of carboxylic acid groups (broad SMARTS) is 1. The smallest absolute Gasteiger partial charge is 0.327 e. The van der Waals surface area contributed by atoms with Gasteiger partial charge in [0.2, 0.25) is 0 Å². The van der Waals surface area contributed by atoms with Crippen LogP contribution in [0, 0.1) is 0 Å². The number of benzene rings is 2. The average molecular weight is 366 g/mol. The van der Waals surface area contributed by atoms with Crippen molar-refractivity contribution in [3.05, 3.63) is 46.4 Å². The lowest BCUT2D eigenvalue weighted by Crippen LogP contribution is -2.41. The van der Waals surface area contributed by atoms with Gasteiger partial charge in [-0.15, -0.1) is 11.8 Å². The lowest BCUT2D eigenvalue weighted by atomic mass is 10.1. The third kappa shape index (κ3) is 2.78. The van der Waals surface area contributed by atoms with Gasteiger partial charge in [0.1, 0.15) is 6.04 Å². The van der Waals surface area contributed by atoms with Gasteiger partial charge in [-0.1, -0.05) is 28.1 Å². The topological polar surface area (TPSA) is 57.6 Å². The number of carbonyl (C=O) groups is 2. The Hall–Kier alpha value is -1.53. The molecule has 1 heterocycles. The third-order valence-electron chi connectivity index (χ3n) is 3.48. The number of carbonyl (C=O) groups excluding carboxylic acids is 1. The Kier molecular flexibility index (Phi) is 3.91. The number of nitrogens with zero attached hydrogens (tertiary/aromatic N) is 1. The number of amides is 1. The summed E-state index contributed by atoms with van der Waals surface area (Å²) >= 11 is 4.88. The molecule has 6 heteroatoms. The summed E-state index contributed by atoms with van der Waals surface area (Å²) in [5, 5.41) is 11.2. The molecule has 0 aliphatic carbocycles. The first-order chi connectivity index (χ1) is 10.1. The van der Waals surface area contributed by atoms with Gasteiger partial charge in [0, 0.05) is 15.8 Å². The van der Waals surface area contributed by atoms with Gasteiger partial charge in [-0.25, -0.2) is 4.79 Å². The molecular weight excluding hydrogens is 354 g/mol. The van der Waals surface area contributed by atoms with Crippen molar-refractivity contribution in [2.24, 2.45) is 0 Å². The fraction of sp³-hybridized carbons (Fsp3) is 0.200. The van der Waals surface area contributed by atoms with E-state index in [1.165, 1.54) is 16.7 Å². The number of halogens is 1. The maximum Gasteiger partial charge on any atom is 0.327 e. The van der Waals surface area contributed by atoms with E-state index >= 15 is 0 Å². The Morgan fingerprint density at radius 3 is 2.67 bits per heavy atom. The summed E-state index contributed by atoms with van der Waals surface area (Å²) in [7, 11) is 0. The highest BCUT2D eigenvalue weighted by atomic mass is 79.9. The molecule has 1 aliphatic rings. The Balaban J connectivity index is 1.94. The average Bonchev–Trinajstić information content (AvgIpc) is 2.95. The van der Waals surface area contributed by atoms with Crippen LogP contribution in [-0.4, -0.2) is 39.6 Å². The number of hydrogen-bond acceptors (Lipinski definition) is 3. The van der Waals surface area contributed by atoms with Gasteiger partial charge in [-0.3, -0.25) is 4.79 Å². The molecule has 21 heavy (non-hydrogen) atoms. The summed E-state index contributed by atoms with van der Waals surface area (Å²) in [6, 6.07) is 10.5. The minimum Gasteiger partial charge on any atom is -0.480 e. The Morgan fingerprint density at radius 1 is 1.19 bits per heavy atom. The summed E-state index contributed by atoms with van der Waals surface area (Å²) in [5.74, 6) is -0.300. The van der Waals surface area contributed by atoms with Gasteiger partial charge < -0.3 is 10.0 Å². The number of hydrogen-bond donors (Lipinski definition) is 1. The molecule has 108 valence electrons. The van der Waals surface area contributed by atoms with E-state index in [-0.39, 0.29) is 5.91 Å². The van der Waals surface area contributed by atoms with E-state index in [1.54, 1.807) is 6.07 Å². The van der Waals surface area contributed by atoms with E-state index in [2.05, 4.69) is 15.9 Å². The van der Waals surface area contributed by atoms with Crippen molar-refractivity contribution in [1.82, 2.24) is 4.90 Å². The van der Waals surface area contributed by atoms with E-state index in [1.807, 2.05) is 30.3 Å². The molecule has 1 saturated heterocycles. The van der Waals surface area contributed by atoms with Crippen molar-refractivity contribution >= 4 is 50.3 Å². The van der Waals surface area contributed by atoms with Crippen LogP contribution in [0.2, 0.25) is 0 Å². The second-order valence-corrected chi connectivity index (χ2v) is 6.75. The van der Waals surface area contributed by atoms with Gasteiger partial charge in [0.05, 0.1) is 5.88 Å². The van der Waals surface area contributed by atoms with Crippen molar-refractivity contribution in [1.29, 1.82) is 0 Å². The van der Waals surface area contributed by atoms with E-state index in [4.69, 9.17) is 5.11 Å². The van der Waals surface area contributed by atoms with Crippen LogP contribution < -0.4 is 0 Å². The Morgan fingerprint density at radius 2 is 1.90 bits per heavy atom. The summed E-state index contributed by atoms with van der Waals surface area (Å²) in [4.78, 5) is 25.1. The van der Waals surface area contributed by atoms with E-state index in [0.29, 0.717) is 17.2 Å².